The van der Waals surface area contributed by atoms with Gasteiger partial charge in [0.05, 0.1) is 13.0 Å². The number of carboxylic acid groups (broad SMARTS) is 1. The van der Waals surface area contributed by atoms with Crippen LogP contribution in [-0.4, -0.2) is 48.7 Å². The van der Waals surface area contributed by atoms with E-state index in [4.69, 9.17) is 9.84 Å². The fraction of sp³-hybridized carbons (Fsp3) is 0.733. The highest BCUT2D eigenvalue weighted by atomic mass is 16.5. The van der Waals surface area contributed by atoms with Crippen LogP contribution < -0.4 is 0 Å². The van der Waals surface area contributed by atoms with Crippen LogP contribution in [0.3, 0.4) is 0 Å². The van der Waals surface area contributed by atoms with Crippen LogP contribution in [0.1, 0.15) is 38.5 Å². The van der Waals surface area contributed by atoms with Gasteiger partial charge in [-0.15, -0.1) is 6.58 Å². The third-order valence-corrected chi connectivity index (χ3v) is 3.98. The van der Waals surface area contributed by atoms with Gasteiger partial charge < -0.3 is 14.7 Å². The summed E-state index contributed by atoms with van der Waals surface area (Å²) in [6, 6.07) is 0. The lowest BCUT2D eigenvalue weighted by Gasteiger charge is -2.30. The van der Waals surface area contributed by atoms with Gasteiger partial charge in [0.2, 0.25) is 5.91 Å². The number of amides is 1. The molecule has 1 fully saturated rings. The number of carboxylic acids is 1. The van der Waals surface area contributed by atoms with Crippen molar-refractivity contribution in [2.75, 3.05) is 26.8 Å². The van der Waals surface area contributed by atoms with E-state index in [0.29, 0.717) is 26.1 Å². The van der Waals surface area contributed by atoms with Crippen molar-refractivity contribution >= 4 is 11.9 Å². The van der Waals surface area contributed by atoms with Crippen LogP contribution in [-0.2, 0) is 14.3 Å². The minimum atomic E-state index is -0.813. The Morgan fingerprint density at radius 3 is 2.50 bits per heavy atom. The molecule has 5 heteroatoms. The average molecular weight is 283 g/mol. The molecule has 0 aromatic heterocycles. The van der Waals surface area contributed by atoms with E-state index < -0.39 is 5.97 Å². The summed E-state index contributed by atoms with van der Waals surface area (Å²) in [7, 11) is 1.60. The summed E-state index contributed by atoms with van der Waals surface area (Å²) >= 11 is 0. The second-order valence-corrected chi connectivity index (χ2v) is 5.58. The van der Waals surface area contributed by atoms with Gasteiger partial charge in [0, 0.05) is 26.6 Å². The Balaban J connectivity index is 2.67. The fourth-order valence-electron chi connectivity index (χ4n) is 2.97. The summed E-state index contributed by atoms with van der Waals surface area (Å²) < 4.78 is 5.01. The molecule has 0 aliphatic heterocycles. The van der Waals surface area contributed by atoms with Crippen molar-refractivity contribution < 1.29 is 19.4 Å². The van der Waals surface area contributed by atoms with Gasteiger partial charge in [-0.05, 0) is 18.3 Å². The Morgan fingerprint density at radius 1 is 1.35 bits per heavy atom. The molecule has 1 N–H and O–H groups in total. The average Bonchev–Trinajstić information content (AvgIpc) is 2.81. The summed E-state index contributed by atoms with van der Waals surface area (Å²) in [6.07, 6.45) is 5.78. The maximum atomic E-state index is 12.4. The number of rotatable bonds is 9. The van der Waals surface area contributed by atoms with Crippen molar-refractivity contribution in [3.05, 3.63) is 12.7 Å². The largest absolute Gasteiger partial charge is 0.481 e. The topological polar surface area (TPSA) is 66.8 Å². The molecule has 5 nitrogen and oxygen atoms in total. The van der Waals surface area contributed by atoms with Crippen LogP contribution in [0, 0.1) is 5.41 Å². The number of hydrogen-bond acceptors (Lipinski definition) is 3. The molecule has 0 spiro atoms. The second kappa shape index (κ2) is 8.04. The molecule has 0 bridgehead atoms. The molecule has 0 saturated heterocycles. The highest BCUT2D eigenvalue weighted by molar-refractivity contribution is 5.78. The van der Waals surface area contributed by atoms with Crippen molar-refractivity contribution in [3.63, 3.8) is 0 Å². The Hall–Kier alpha value is -1.36. The Bertz CT molecular complexity index is 348. The molecular formula is C15H25NO4. The number of nitrogens with zero attached hydrogens (tertiary/aromatic N) is 1. The molecule has 0 atom stereocenters. The standard InChI is InChI=1S/C15H25NO4/c1-3-8-16(9-10-20-2)13(17)11-15(12-14(18)19)6-4-5-7-15/h3H,1,4-12H2,2H3,(H,18,19). The van der Waals surface area contributed by atoms with Crippen molar-refractivity contribution in [2.45, 2.75) is 38.5 Å². The summed E-state index contributed by atoms with van der Waals surface area (Å²) in [5.74, 6) is -0.808. The maximum absolute atomic E-state index is 12.4. The van der Waals surface area contributed by atoms with Crippen molar-refractivity contribution in [1.29, 1.82) is 0 Å². The molecule has 0 radical (unpaired) electrons. The molecule has 0 aromatic carbocycles. The van der Waals surface area contributed by atoms with E-state index in [1.807, 2.05) is 0 Å². The summed E-state index contributed by atoms with van der Waals surface area (Å²) in [5, 5.41) is 9.07. The fourth-order valence-corrected chi connectivity index (χ4v) is 2.97. The lowest BCUT2D eigenvalue weighted by molar-refractivity contribution is -0.141. The first-order valence-electron chi connectivity index (χ1n) is 7.12. The van der Waals surface area contributed by atoms with Crippen LogP contribution in [0.15, 0.2) is 12.7 Å². The molecule has 1 rings (SSSR count). The van der Waals surface area contributed by atoms with Crippen LogP contribution >= 0.6 is 0 Å². The van der Waals surface area contributed by atoms with Gasteiger partial charge in [0.1, 0.15) is 0 Å². The zero-order valence-electron chi connectivity index (χ0n) is 12.3. The molecule has 1 aliphatic rings. The van der Waals surface area contributed by atoms with Gasteiger partial charge in [0.15, 0.2) is 0 Å². The number of aliphatic carboxylic acids is 1. The SMILES string of the molecule is C=CCN(CCOC)C(=O)CC1(CC(=O)O)CCCC1. The first-order chi connectivity index (χ1) is 9.53. The van der Waals surface area contributed by atoms with Gasteiger partial charge >= 0.3 is 5.97 Å². The van der Waals surface area contributed by atoms with Crippen molar-refractivity contribution in [1.82, 2.24) is 4.90 Å². The van der Waals surface area contributed by atoms with E-state index >= 15 is 0 Å². The number of carbonyl (C=O) groups is 2. The molecule has 20 heavy (non-hydrogen) atoms. The first-order valence-corrected chi connectivity index (χ1v) is 7.12. The molecule has 1 amide bonds. The molecule has 0 unspecified atom stereocenters. The van der Waals surface area contributed by atoms with Gasteiger partial charge in [-0.2, -0.15) is 0 Å². The van der Waals surface area contributed by atoms with E-state index in [1.165, 1.54) is 0 Å². The van der Waals surface area contributed by atoms with Crippen LogP contribution in [0.2, 0.25) is 0 Å². The van der Waals surface area contributed by atoms with Crippen LogP contribution in [0.4, 0.5) is 0 Å². The van der Waals surface area contributed by atoms with Gasteiger partial charge in [-0.25, -0.2) is 0 Å². The van der Waals surface area contributed by atoms with E-state index in [2.05, 4.69) is 6.58 Å². The van der Waals surface area contributed by atoms with Crippen molar-refractivity contribution in [2.24, 2.45) is 5.41 Å². The van der Waals surface area contributed by atoms with E-state index in [9.17, 15) is 9.59 Å². The molecule has 114 valence electrons. The molecule has 1 saturated carbocycles. The summed E-state index contributed by atoms with van der Waals surface area (Å²) in [5.41, 5.74) is -0.352. The number of ether oxygens (including phenoxy) is 1. The molecule has 0 aromatic rings. The number of methoxy groups -OCH3 is 1. The van der Waals surface area contributed by atoms with Gasteiger partial charge in [-0.3, -0.25) is 9.59 Å². The van der Waals surface area contributed by atoms with Crippen LogP contribution in [0.25, 0.3) is 0 Å². The quantitative estimate of drug-likeness (QED) is 0.658. The monoisotopic (exact) mass is 283 g/mol. The lowest BCUT2D eigenvalue weighted by Crippen LogP contribution is -2.38. The number of hydrogen-bond donors (Lipinski definition) is 1. The highest BCUT2D eigenvalue weighted by Gasteiger charge is 2.38. The predicted molar refractivity (Wildman–Crippen MR) is 76.4 cm³/mol. The van der Waals surface area contributed by atoms with E-state index in [0.717, 1.165) is 25.7 Å². The maximum Gasteiger partial charge on any atom is 0.303 e. The van der Waals surface area contributed by atoms with E-state index in [-0.39, 0.29) is 17.7 Å². The number of carbonyl (C=O) groups excluding carboxylic acids is 1. The first kappa shape index (κ1) is 16.7. The molecule has 0 heterocycles. The normalized spacial score (nSPS) is 16.9. The zero-order valence-corrected chi connectivity index (χ0v) is 12.3. The van der Waals surface area contributed by atoms with Crippen LogP contribution in [0.5, 0.6) is 0 Å². The summed E-state index contributed by atoms with van der Waals surface area (Å²) in [6.45, 7) is 5.13. The molecule has 1 aliphatic carbocycles. The zero-order chi connectivity index (χ0) is 15.0. The van der Waals surface area contributed by atoms with Gasteiger partial charge in [0.25, 0.3) is 0 Å². The third kappa shape index (κ3) is 4.96. The smallest absolute Gasteiger partial charge is 0.303 e. The Labute approximate surface area is 120 Å². The predicted octanol–water partition coefficient (Wildman–Crippen LogP) is 2.07. The third-order valence-electron chi connectivity index (χ3n) is 3.98. The highest BCUT2D eigenvalue weighted by Crippen LogP contribution is 2.44. The summed E-state index contributed by atoms with van der Waals surface area (Å²) in [4.78, 5) is 25.2. The minimum absolute atomic E-state index is 0.00472. The Morgan fingerprint density at radius 2 is 2.00 bits per heavy atom. The second-order valence-electron chi connectivity index (χ2n) is 5.58. The van der Waals surface area contributed by atoms with Gasteiger partial charge in [-0.1, -0.05) is 18.9 Å². The van der Waals surface area contributed by atoms with E-state index in [1.54, 1.807) is 18.1 Å². The minimum Gasteiger partial charge on any atom is -0.481 e. The lowest BCUT2D eigenvalue weighted by atomic mass is 9.79. The Kier molecular flexibility index (Phi) is 6.71. The molecular weight excluding hydrogens is 258 g/mol. The van der Waals surface area contributed by atoms with Crippen molar-refractivity contribution in [3.8, 4) is 0 Å².